The van der Waals surface area contributed by atoms with Gasteiger partial charge in [-0.25, -0.2) is 8.78 Å². The Kier molecular flexibility index (Phi) is 3.37. The van der Waals surface area contributed by atoms with E-state index in [1.807, 2.05) is 13.8 Å². The molecule has 0 heterocycles. The summed E-state index contributed by atoms with van der Waals surface area (Å²) in [4.78, 5) is 11.7. The molecule has 4 heteroatoms. The Labute approximate surface area is 105 Å². The molecule has 1 aromatic rings. The Hall–Kier alpha value is -1.45. The smallest absolute Gasteiger partial charge is 0.167 e. The van der Waals surface area contributed by atoms with E-state index in [0.717, 1.165) is 12.1 Å². The highest BCUT2D eigenvalue weighted by Gasteiger charge is 2.54. The van der Waals surface area contributed by atoms with Gasteiger partial charge in [0.1, 0.15) is 17.7 Å². The number of ether oxygens (including phenoxy) is 1. The molecule has 1 unspecified atom stereocenters. The first kappa shape index (κ1) is 13.0. The number of ketones is 1. The Morgan fingerprint density at radius 1 is 1.33 bits per heavy atom. The second-order valence-electron chi connectivity index (χ2n) is 4.67. The number of carbonyl (C=O) groups excluding carboxylic acids is 1. The predicted octanol–water partition coefficient (Wildman–Crippen LogP) is 3.49. The van der Waals surface area contributed by atoms with Gasteiger partial charge in [-0.15, -0.1) is 0 Å². The number of Topliss-reactive ketones (excluding diaryl/α,β-unsaturated/α-hetero) is 1. The topological polar surface area (TPSA) is 26.3 Å². The van der Waals surface area contributed by atoms with Crippen LogP contribution in [0.25, 0.3) is 0 Å². The van der Waals surface area contributed by atoms with E-state index in [2.05, 4.69) is 0 Å². The van der Waals surface area contributed by atoms with Crippen LogP contribution in [-0.2, 0) is 4.79 Å². The summed E-state index contributed by atoms with van der Waals surface area (Å²) in [6.45, 7) is 3.86. The van der Waals surface area contributed by atoms with Crippen molar-refractivity contribution < 1.29 is 18.3 Å². The van der Waals surface area contributed by atoms with E-state index in [1.165, 1.54) is 6.07 Å². The lowest BCUT2D eigenvalue weighted by molar-refractivity contribution is -0.153. The molecule has 0 bridgehead atoms. The summed E-state index contributed by atoms with van der Waals surface area (Å²) in [5.74, 6) is -1.18. The standard InChI is InChI=1S/C14H16F2O2/c1-3-14(4-2)12(17)8-13(14)18-11-6-5-9(15)7-10(11)16/h5-7,13H,3-4,8H2,1-2H3. The summed E-state index contributed by atoms with van der Waals surface area (Å²) in [5.41, 5.74) is -0.499. The highest BCUT2D eigenvalue weighted by molar-refractivity contribution is 5.92. The van der Waals surface area contributed by atoms with Crippen LogP contribution in [0, 0.1) is 17.0 Å². The van der Waals surface area contributed by atoms with Crippen molar-refractivity contribution >= 4 is 5.78 Å². The summed E-state index contributed by atoms with van der Waals surface area (Å²) in [5, 5.41) is 0. The molecule has 0 spiro atoms. The van der Waals surface area contributed by atoms with Crippen LogP contribution in [0.3, 0.4) is 0 Å². The van der Waals surface area contributed by atoms with E-state index in [9.17, 15) is 13.6 Å². The highest BCUT2D eigenvalue weighted by atomic mass is 19.1. The summed E-state index contributed by atoms with van der Waals surface area (Å²) in [7, 11) is 0. The Morgan fingerprint density at radius 2 is 2.00 bits per heavy atom. The first-order valence-corrected chi connectivity index (χ1v) is 6.18. The third kappa shape index (κ3) is 1.89. The van der Waals surface area contributed by atoms with Crippen molar-refractivity contribution in [3.63, 3.8) is 0 Å². The van der Waals surface area contributed by atoms with E-state index in [4.69, 9.17) is 4.74 Å². The van der Waals surface area contributed by atoms with E-state index in [1.54, 1.807) is 0 Å². The van der Waals surface area contributed by atoms with Crippen molar-refractivity contribution in [3.8, 4) is 5.75 Å². The van der Waals surface area contributed by atoms with Gasteiger partial charge < -0.3 is 4.74 Å². The molecule has 0 aliphatic heterocycles. The largest absolute Gasteiger partial charge is 0.486 e. The minimum absolute atomic E-state index is 0.0141. The summed E-state index contributed by atoms with van der Waals surface area (Å²) >= 11 is 0. The molecular formula is C14H16F2O2. The maximum Gasteiger partial charge on any atom is 0.167 e. The molecular weight excluding hydrogens is 238 g/mol. The van der Waals surface area contributed by atoms with Gasteiger partial charge >= 0.3 is 0 Å². The average Bonchev–Trinajstić information content (AvgIpc) is 2.33. The fraction of sp³-hybridized carbons (Fsp3) is 0.500. The molecule has 1 aliphatic carbocycles. The maximum atomic E-state index is 13.5. The van der Waals surface area contributed by atoms with Crippen LogP contribution in [0.1, 0.15) is 33.1 Å². The first-order valence-electron chi connectivity index (χ1n) is 6.18. The van der Waals surface area contributed by atoms with E-state index >= 15 is 0 Å². The zero-order valence-electron chi connectivity index (χ0n) is 10.5. The van der Waals surface area contributed by atoms with Gasteiger partial charge in [0.2, 0.25) is 0 Å². The van der Waals surface area contributed by atoms with Gasteiger partial charge in [-0.3, -0.25) is 4.79 Å². The quantitative estimate of drug-likeness (QED) is 0.822. The van der Waals surface area contributed by atoms with Crippen molar-refractivity contribution in [2.45, 2.75) is 39.2 Å². The molecule has 2 nitrogen and oxygen atoms in total. The third-order valence-corrected chi connectivity index (χ3v) is 3.97. The van der Waals surface area contributed by atoms with Crippen LogP contribution in [0.5, 0.6) is 5.75 Å². The van der Waals surface area contributed by atoms with E-state index in [0.29, 0.717) is 19.3 Å². The molecule has 0 amide bonds. The third-order valence-electron chi connectivity index (χ3n) is 3.97. The van der Waals surface area contributed by atoms with Crippen molar-refractivity contribution in [2.75, 3.05) is 0 Å². The van der Waals surface area contributed by atoms with Gasteiger partial charge in [0.15, 0.2) is 11.6 Å². The van der Waals surface area contributed by atoms with Crippen molar-refractivity contribution in [1.82, 2.24) is 0 Å². The molecule has 2 rings (SSSR count). The number of carbonyl (C=O) groups is 1. The summed E-state index contributed by atoms with van der Waals surface area (Å²) < 4.78 is 31.8. The summed E-state index contributed by atoms with van der Waals surface area (Å²) in [6.07, 6.45) is 1.35. The van der Waals surface area contributed by atoms with Crippen molar-refractivity contribution in [3.05, 3.63) is 29.8 Å². The normalized spacial score (nSPS) is 21.6. The molecule has 0 N–H and O–H groups in total. The zero-order chi connectivity index (χ0) is 13.3. The average molecular weight is 254 g/mol. The Bertz CT molecular complexity index is 467. The lowest BCUT2D eigenvalue weighted by Crippen LogP contribution is -2.56. The second kappa shape index (κ2) is 4.67. The van der Waals surface area contributed by atoms with Crippen LogP contribution in [0.4, 0.5) is 8.78 Å². The SMILES string of the molecule is CCC1(CC)C(=O)CC1Oc1ccc(F)cc1F. The molecule has 0 aromatic heterocycles. The molecule has 0 radical (unpaired) electrons. The number of hydrogen-bond donors (Lipinski definition) is 0. The van der Waals surface area contributed by atoms with Gasteiger partial charge in [-0.2, -0.15) is 0 Å². The fourth-order valence-corrected chi connectivity index (χ4v) is 2.59. The number of hydrogen-bond acceptors (Lipinski definition) is 2. The van der Waals surface area contributed by atoms with Crippen LogP contribution < -0.4 is 4.74 Å². The number of benzene rings is 1. The maximum absolute atomic E-state index is 13.5. The molecule has 18 heavy (non-hydrogen) atoms. The number of halogens is 2. The van der Waals surface area contributed by atoms with Gasteiger partial charge in [0.05, 0.1) is 5.41 Å². The minimum atomic E-state index is -0.726. The van der Waals surface area contributed by atoms with Crippen LogP contribution in [0.2, 0.25) is 0 Å². The van der Waals surface area contributed by atoms with Gasteiger partial charge in [-0.05, 0) is 25.0 Å². The summed E-state index contributed by atoms with van der Waals surface area (Å²) in [6, 6.07) is 3.21. The van der Waals surface area contributed by atoms with Crippen molar-refractivity contribution in [2.24, 2.45) is 5.41 Å². The lowest BCUT2D eigenvalue weighted by atomic mass is 9.61. The fourth-order valence-electron chi connectivity index (χ4n) is 2.59. The number of rotatable bonds is 4. The molecule has 98 valence electrons. The molecule has 1 fully saturated rings. The monoisotopic (exact) mass is 254 g/mol. The van der Waals surface area contributed by atoms with Gasteiger partial charge in [0.25, 0.3) is 0 Å². The lowest BCUT2D eigenvalue weighted by Gasteiger charge is -2.46. The predicted molar refractivity (Wildman–Crippen MR) is 63.4 cm³/mol. The van der Waals surface area contributed by atoms with Crippen molar-refractivity contribution in [1.29, 1.82) is 0 Å². The van der Waals surface area contributed by atoms with Crippen LogP contribution in [-0.4, -0.2) is 11.9 Å². The Balaban J connectivity index is 2.17. The van der Waals surface area contributed by atoms with E-state index < -0.39 is 17.0 Å². The molecule has 0 saturated heterocycles. The second-order valence-corrected chi connectivity index (χ2v) is 4.67. The highest BCUT2D eigenvalue weighted by Crippen LogP contribution is 2.45. The van der Waals surface area contributed by atoms with Crippen LogP contribution in [0.15, 0.2) is 18.2 Å². The zero-order valence-corrected chi connectivity index (χ0v) is 10.5. The van der Waals surface area contributed by atoms with Gasteiger partial charge in [0, 0.05) is 12.5 Å². The van der Waals surface area contributed by atoms with Gasteiger partial charge in [-0.1, -0.05) is 13.8 Å². The molecule has 1 aliphatic rings. The minimum Gasteiger partial charge on any atom is -0.486 e. The first-order chi connectivity index (χ1) is 8.53. The molecule has 1 atom stereocenters. The van der Waals surface area contributed by atoms with Crippen LogP contribution >= 0.6 is 0 Å². The molecule has 1 saturated carbocycles. The Morgan fingerprint density at radius 3 is 2.50 bits per heavy atom. The molecule has 1 aromatic carbocycles. The van der Waals surface area contributed by atoms with E-state index in [-0.39, 0.29) is 17.6 Å².